The van der Waals surface area contributed by atoms with Crippen molar-refractivity contribution in [1.29, 1.82) is 0 Å². The molecule has 0 aromatic heterocycles. The SMILES string of the molecule is CCCN1CNCCNCN(CCC)CNCCNC1.[Ni+2].[O-][Cl+3]([O-])([O-])[O-].[O-][Cl+3]([O-])([O-])[O-]. The molecule has 31 heavy (non-hydrogen) atoms. The average Bonchev–Trinajstić information content (AvgIpc) is 2.57. The maximum atomic E-state index is 8.49. The van der Waals surface area contributed by atoms with E-state index in [1.165, 1.54) is 12.8 Å². The van der Waals surface area contributed by atoms with Crippen LogP contribution >= 0.6 is 0 Å². The van der Waals surface area contributed by atoms with E-state index in [0.29, 0.717) is 0 Å². The molecule has 1 heterocycles. The molecule has 0 spiro atoms. The van der Waals surface area contributed by atoms with Gasteiger partial charge in [0.1, 0.15) is 0 Å². The van der Waals surface area contributed by atoms with Gasteiger partial charge in [-0.1, -0.05) is 13.8 Å². The molecular weight excluding hydrogens is 510 g/mol. The van der Waals surface area contributed by atoms with Crippen LogP contribution in [0.5, 0.6) is 0 Å². The molecule has 1 saturated heterocycles. The van der Waals surface area contributed by atoms with Crippen molar-refractivity contribution >= 4 is 0 Å². The Bertz CT molecular complexity index is 324. The normalized spacial score (nSPS) is 18.4. The molecule has 0 aliphatic carbocycles. The van der Waals surface area contributed by atoms with Crippen LogP contribution < -0.4 is 58.5 Å². The molecule has 14 nitrogen and oxygen atoms in total. The van der Waals surface area contributed by atoms with Crippen LogP contribution in [0.3, 0.4) is 0 Å². The number of hydrogen-bond acceptors (Lipinski definition) is 14. The second-order valence-corrected chi connectivity index (χ2v) is 7.69. The van der Waals surface area contributed by atoms with Gasteiger partial charge in [0.25, 0.3) is 0 Å². The Hall–Kier alpha value is 0.514. The molecule has 1 aliphatic rings. The molecule has 0 aromatic carbocycles. The van der Waals surface area contributed by atoms with Crippen molar-refractivity contribution < 1.29 is 74.2 Å². The molecule has 0 saturated carbocycles. The van der Waals surface area contributed by atoms with Gasteiger partial charge >= 0.3 is 16.5 Å². The summed E-state index contributed by atoms with van der Waals surface area (Å²) in [4.78, 5) is 4.85. The van der Waals surface area contributed by atoms with Crippen LogP contribution in [-0.4, -0.2) is 75.7 Å². The van der Waals surface area contributed by atoms with E-state index in [1.54, 1.807) is 0 Å². The molecule has 0 aromatic rings. The van der Waals surface area contributed by atoms with Crippen LogP contribution in [0.2, 0.25) is 0 Å². The van der Waals surface area contributed by atoms with Gasteiger partial charge in [-0.15, -0.1) is 20.5 Å². The van der Waals surface area contributed by atoms with Crippen LogP contribution in [0.1, 0.15) is 26.7 Å². The summed E-state index contributed by atoms with van der Waals surface area (Å²) in [5.41, 5.74) is 0. The van der Waals surface area contributed by atoms with E-state index in [0.717, 1.165) is 65.9 Å². The third-order valence-electron chi connectivity index (χ3n) is 3.38. The Morgan fingerprint density at radius 2 is 0.742 bits per heavy atom. The van der Waals surface area contributed by atoms with Gasteiger partial charge in [-0.25, -0.2) is 37.3 Å². The molecule has 17 heteroatoms. The Kier molecular flexibility index (Phi) is 26.0. The van der Waals surface area contributed by atoms with Crippen molar-refractivity contribution in [3.63, 3.8) is 0 Å². The first kappa shape index (κ1) is 36.1. The van der Waals surface area contributed by atoms with Gasteiger partial charge in [0.05, 0.1) is 0 Å². The number of rotatable bonds is 4. The van der Waals surface area contributed by atoms with Crippen molar-refractivity contribution in [1.82, 2.24) is 31.1 Å². The van der Waals surface area contributed by atoms with E-state index in [4.69, 9.17) is 37.3 Å². The summed E-state index contributed by atoms with van der Waals surface area (Å²) in [7, 11) is -9.89. The van der Waals surface area contributed by atoms with E-state index in [9.17, 15) is 0 Å². The van der Waals surface area contributed by atoms with E-state index >= 15 is 0 Å². The zero-order valence-electron chi connectivity index (χ0n) is 17.7. The Balaban J connectivity index is -0.000000595. The fourth-order valence-electron chi connectivity index (χ4n) is 2.36. The molecule has 0 atom stereocenters. The van der Waals surface area contributed by atoms with Gasteiger partial charge < -0.3 is 21.3 Å². The quantitative estimate of drug-likeness (QED) is 0.241. The van der Waals surface area contributed by atoms with E-state index in [2.05, 4.69) is 44.9 Å². The van der Waals surface area contributed by atoms with Crippen molar-refractivity contribution in [3.8, 4) is 0 Å². The molecule has 4 N–H and O–H groups in total. The van der Waals surface area contributed by atoms with Crippen molar-refractivity contribution in [2.24, 2.45) is 0 Å². The zero-order valence-corrected chi connectivity index (χ0v) is 20.2. The molecule has 1 rings (SSSR count). The van der Waals surface area contributed by atoms with Gasteiger partial charge in [-0.2, -0.15) is 0 Å². The predicted molar refractivity (Wildman–Crippen MR) is 85.5 cm³/mol. The Morgan fingerprint density at radius 3 is 0.903 bits per heavy atom. The first-order valence-corrected chi connectivity index (χ1v) is 11.8. The van der Waals surface area contributed by atoms with Crippen LogP contribution in [0.4, 0.5) is 0 Å². The van der Waals surface area contributed by atoms with Gasteiger partial charge in [-0.3, -0.25) is 9.80 Å². The Labute approximate surface area is 198 Å². The molecule has 1 fully saturated rings. The molecule has 0 radical (unpaired) electrons. The predicted octanol–water partition coefficient (Wildman–Crippen LogP) is -9.90. The van der Waals surface area contributed by atoms with Crippen molar-refractivity contribution in [2.45, 2.75) is 26.7 Å². The van der Waals surface area contributed by atoms with Crippen molar-refractivity contribution in [3.05, 3.63) is 0 Å². The molecule has 192 valence electrons. The molecule has 0 unspecified atom stereocenters. The second-order valence-electron chi connectivity index (χ2n) is 6.18. The molecule has 1 aliphatic heterocycles. The smallest absolute Gasteiger partial charge is 0.303 e. The summed E-state index contributed by atoms with van der Waals surface area (Å²) in [5, 5.41) is 14.0. The molecular formula is C14H34Cl2N6NiO8. The van der Waals surface area contributed by atoms with Gasteiger partial charge in [0.2, 0.25) is 0 Å². The number of nitrogens with one attached hydrogen (secondary N) is 4. The maximum Gasteiger partial charge on any atom is 2.00 e. The largest absolute Gasteiger partial charge is 2.00 e. The zero-order chi connectivity index (χ0) is 23.5. The topological polar surface area (TPSA) is 239 Å². The summed E-state index contributed by atoms with van der Waals surface area (Å²) in [6.07, 6.45) is 2.40. The van der Waals surface area contributed by atoms with E-state index < -0.39 is 20.5 Å². The van der Waals surface area contributed by atoms with Crippen LogP contribution in [0.25, 0.3) is 0 Å². The van der Waals surface area contributed by atoms with E-state index in [-0.39, 0.29) is 16.5 Å². The van der Waals surface area contributed by atoms with Gasteiger partial charge in [-0.05, 0) is 12.8 Å². The van der Waals surface area contributed by atoms with Crippen LogP contribution in [-0.2, 0) is 16.5 Å². The van der Waals surface area contributed by atoms with Gasteiger partial charge in [0, 0.05) is 65.9 Å². The van der Waals surface area contributed by atoms with E-state index in [1.807, 2.05) is 0 Å². The first-order valence-electron chi connectivity index (χ1n) is 9.37. The summed E-state index contributed by atoms with van der Waals surface area (Å²) >= 11 is 0. The number of hydrogen-bond donors (Lipinski definition) is 4. The van der Waals surface area contributed by atoms with Crippen molar-refractivity contribution in [2.75, 3.05) is 65.9 Å². The van der Waals surface area contributed by atoms with Crippen LogP contribution in [0, 0.1) is 20.5 Å². The fraction of sp³-hybridized carbons (Fsp3) is 1.00. The number of nitrogens with zero attached hydrogens (tertiary/aromatic N) is 2. The van der Waals surface area contributed by atoms with Gasteiger partial charge in [0.15, 0.2) is 0 Å². The maximum absolute atomic E-state index is 8.49. The third kappa shape index (κ3) is 41.3. The standard InChI is InChI=1S/C14H34N6.2ClHO4.Ni/c1-3-9-19-11-15-5-7-17-13-20(10-4-2)14-18-8-6-16-12-19;2*2-1(3,4)5;/h15-18H,3-14H2,1-2H3;2*(H,2,3,4,5);/q;;;+2/p-2. The minimum Gasteiger partial charge on any atom is -0.303 e. The molecule has 0 bridgehead atoms. The molecule has 0 amide bonds. The third-order valence-corrected chi connectivity index (χ3v) is 3.38. The summed E-state index contributed by atoms with van der Waals surface area (Å²) < 4.78 is 67.9. The summed E-state index contributed by atoms with van der Waals surface area (Å²) in [5.74, 6) is 0. The second kappa shape index (κ2) is 22.3. The minimum atomic E-state index is -4.94. The summed E-state index contributed by atoms with van der Waals surface area (Å²) in [6.45, 7) is 14.7. The fourth-order valence-corrected chi connectivity index (χ4v) is 2.36. The number of halogens is 2. The van der Waals surface area contributed by atoms with Crippen LogP contribution in [0.15, 0.2) is 0 Å². The minimum absolute atomic E-state index is 0. The summed E-state index contributed by atoms with van der Waals surface area (Å²) in [6, 6.07) is 0. The first-order chi connectivity index (χ1) is 13.9. The average molecular weight is 544 g/mol. The Morgan fingerprint density at radius 1 is 0.548 bits per heavy atom. The monoisotopic (exact) mass is 542 g/mol.